The smallest absolute Gasteiger partial charge is 0.236 e. The summed E-state index contributed by atoms with van der Waals surface area (Å²) in [5, 5.41) is 0. The predicted octanol–water partition coefficient (Wildman–Crippen LogP) is -0.151. The molecule has 4 N–H and O–H groups in total. The molecule has 1 aromatic rings. The maximum atomic E-state index is 11.6. The normalized spacial score (nSPS) is 9.94. The van der Waals surface area contributed by atoms with E-state index in [4.69, 9.17) is 11.5 Å². The molecule has 0 saturated heterocycles. The molecule has 1 aromatic carbocycles. The minimum absolute atomic E-state index is 0.0639. The predicted molar refractivity (Wildman–Crippen MR) is 64.7 cm³/mol. The first-order chi connectivity index (χ1) is 8.13. The number of amides is 2. The van der Waals surface area contributed by atoms with Crippen LogP contribution < -0.4 is 11.5 Å². The first-order valence-electron chi connectivity index (χ1n) is 5.43. The van der Waals surface area contributed by atoms with Crippen LogP contribution in [-0.4, -0.2) is 29.8 Å². The van der Waals surface area contributed by atoms with E-state index in [0.717, 1.165) is 5.56 Å². The molecule has 5 heteroatoms. The molecule has 0 radical (unpaired) electrons. The van der Waals surface area contributed by atoms with Gasteiger partial charge in [0.25, 0.3) is 0 Å². The number of hydrogen-bond donors (Lipinski definition) is 2. The minimum Gasteiger partial charge on any atom is -0.370 e. The van der Waals surface area contributed by atoms with E-state index in [1.54, 1.807) is 4.90 Å². The van der Waals surface area contributed by atoms with Gasteiger partial charge in [-0.1, -0.05) is 30.3 Å². The third kappa shape index (κ3) is 4.65. The Morgan fingerprint density at radius 3 is 2.35 bits per heavy atom. The zero-order valence-corrected chi connectivity index (χ0v) is 9.63. The van der Waals surface area contributed by atoms with Crippen molar-refractivity contribution < 1.29 is 9.59 Å². The maximum absolute atomic E-state index is 11.6. The van der Waals surface area contributed by atoms with Crippen molar-refractivity contribution in [1.29, 1.82) is 0 Å². The lowest BCUT2D eigenvalue weighted by atomic mass is 10.2. The number of nitrogens with zero attached hydrogens (tertiary/aromatic N) is 1. The van der Waals surface area contributed by atoms with E-state index in [2.05, 4.69) is 0 Å². The van der Waals surface area contributed by atoms with Gasteiger partial charge in [0.15, 0.2) is 0 Å². The summed E-state index contributed by atoms with van der Waals surface area (Å²) in [5.74, 6) is -0.608. The van der Waals surface area contributed by atoms with Gasteiger partial charge in [0.05, 0.1) is 6.54 Å². The van der Waals surface area contributed by atoms with Crippen LogP contribution >= 0.6 is 0 Å². The lowest BCUT2D eigenvalue weighted by molar-refractivity contribution is -0.130. The summed E-state index contributed by atoms with van der Waals surface area (Å²) in [4.78, 5) is 23.8. The average Bonchev–Trinajstić information content (AvgIpc) is 2.34. The van der Waals surface area contributed by atoms with Crippen molar-refractivity contribution in [1.82, 2.24) is 4.90 Å². The quantitative estimate of drug-likeness (QED) is 0.718. The first kappa shape index (κ1) is 13.2. The van der Waals surface area contributed by atoms with Crippen molar-refractivity contribution in [2.45, 2.75) is 13.0 Å². The van der Waals surface area contributed by atoms with Gasteiger partial charge in [-0.25, -0.2) is 0 Å². The molecule has 17 heavy (non-hydrogen) atoms. The second kappa shape index (κ2) is 6.65. The third-order valence-electron chi connectivity index (χ3n) is 2.37. The summed E-state index contributed by atoms with van der Waals surface area (Å²) in [6.45, 7) is 0.690. The van der Waals surface area contributed by atoms with Crippen LogP contribution in [-0.2, 0) is 16.1 Å². The van der Waals surface area contributed by atoms with E-state index in [9.17, 15) is 9.59 Å². The second-order valence-corrected chi connectivity index (χ2v) is 3.72. The van der Waals surface area contributed by atoms with E-state index < -0.39 is 5.91 Å². The third-order valence-corrected chi connectivity index (χ3v) is 2.37. The fraction of sp³-hybridized carbons (Fsp3) is 0.333. The van der Waals surface area contributed by atoms with Gasteiger partial charge >= 0.3 is 0 Å². The van der Waals surface area contributed by atoms with Crippen LogP contribution in [0.4, 0.5) is 0 Å². The standard InChI is InChI=1S/C12H17N3O2/c13-8-12(17)15(7-6-11(14)16)9-10-4-2-1-3-5-10/h1-5H,6-9,13H2,(H2,14,16). The Bertz CT molecular complexity index is 379. The molecule has 2 amide bonds. The zero-order chi connectivity index (χ0) is 12.7. The average molecular weight is 235 g/mol. The molecule has 0 bridgehead atoms. The second-order valence-electron chi connectivity index (χ2n) is 3.72. The van der Waals surface area contributed by atoms with E-state index in [0.29, 0.717) is 13.1 Å². The number of nitrogens with two attached hydrogens (primary N) is 2. The highest BCUT2D eigenvalue weighted by molar-refractivity contribution is 5.79. The van der Waals surface area contributed by atoms with Crippen molar-refractivity contribution in [3.8, 4) is 0 Å². The Kier molecular flexibility index (Phi) is 5.16. The molecule has 0 unspecified atom stereocenters. The molecule has 92 valence electrons. The van der Waals surface area contributed by atoms with Gasteiger partial charge in [0, 0.05) is 19.5 Å². The van der Waals surface area contributed by atoms with E-state index in [1.807, 2.05) is 30.3 Å². The van der Waals surface area contributed by atoms with E-state index in [-0.39, 0.29) is 18.9 Å². The maximum Gasteiger partial charge on any atom is 0.236 e. The lowest BCUT2D eigenvalue weighted by Gasteiger charge is -2.21. The molecule has 0 aliphatic heterocycles. The van der Waals surface area contributed by atoms with Crippen LogP contribution in [0.25, 0.3) is 0 Å². The molecule has 0 fully saturated rings. The van der Waals surface area contributed by atoms with Gasteiger partial charge in [-0.15, -0.1) is 0 Å². The van der Waals surface area contributed by atoms with Crippen LogP contribution in [0.2, 0.25) is 0 Å². The van der Waals surface area contributed by atoms with Crippen molar-refractivity contribution in [2.75, 3.05) is 13.1 Å². The molecule has 0 aliphatic carbocycles. The number of hydrogen-bond acceptors (Lipinski definition) is 3. The van der Waals surface area contributed by atoms with E-state index in [1.165, 1.54) is 0 Å². The van der Waals surface area contributed by atoms with Gasteiger partial charge < -0.3 is 16.4 Å². The van der Waals surface area contributed by atoms with Crippen molar-refractivity contribution in [2.24, 2.45) is 11.5 Å². The molecule has 0 aromatic heterocycles. The van der Waals surface area contributed by atoms with Crippen LogP contribution in [0.1, 0.15) is 12.0 Å². The number of carbonyl (C=O) groups is 2. The molecule has 5 nitrogen and oxygen atoms in total. The topological polar surface area (TPSA) is 89.4 Å². The zero-order valence-electron chi connectivity index (χ0n) is 9.63. The Hall–Kier alpha value is -1.88. The van der Waals surface area contributed by atoms with E-state index >= 15 is 0 Å². The largest absolute Gasteiger partial charge is 0.370 e. The highest BCUT2D eigenvalue weighted by Crippen LogP contribution is 2.05. The summed E-state index contributed by atoms with van der Waals surface area (Å²) >= 11 is 0. The molecule has 0 aliphatic rings. The molecule has 0 spiro atoms. The SMILES string of the molecule is NCC(=O)N(CCC(N)=O)Cc1ccccc1. The van der Waals surface area contributed by atoms with Crippen molar-refractivity contribution >= 4 is 11.8 Å². The lowest BCUT2D eigenvalue weighted by Crippen LogP contribution is -2.37. The van der Waals surface area contributed by atoms with Crippen LogP contribution in [0, 0.1) is 0 Å². The van der Waals surface area contributed by atoms with Gasteiger partial charge in [-0.3, -0.25) is 9.59 Å². The van der Waals surface area contributed by atoms with Gasteiger partial charge in [-0.2, -0.15) is 0 Å². The van der Waals surface area contributed by atoms with Crippen molar-refractivity contribution in [3.63, 3.8) is 0 Å². The molecule has 0 saturated carbocycles. The Morgan fingerprint density at radius 1 is 1.18 bits per heavy atom. The summed E-state index contributed by atoms with van der Waals surface area (Å²) in [6, 6.07) is 9.53. The fourth-order valence-electron chi connectivity index (χ4n) is 1.47. The number of primary amides is 1. The van der Waals surface area contributed by atoms with Crippen molar-refractivity contribution in [3.05, 3.63) is 35.9 Å². The van der Waals surface area contributed by atoms with Gasteiger partial charge in [0.1, 0.15) is 0 Å². The highest BCUT2D eigenvalue weighted by Gasteiger charge is 2.12. The summed E-state index contributed by atoms with van der Waals surface area (Å²) in [7, 11) is 0. The Morgan fingerprint density at radius 2 is 1.82 bits per heavy atom. The van der Waals surface area contributed by atoms with Gasteiger partial charge in [-0.05, 0) is 5.56 Å². The monoisotopic (exact) mass is 235 g/mol. The summed E-state index contributed by atoms with van der Waals surface area (Å²) in [6.07, 6.45) is 0.151. The van der Waals surface area contributed by atoms with Crippen LogP contribution in [0.5, 0.6) is 0 Å². The molecule has 1 rings (SSSR count). The Balaban J connectivity index is 2.63. The number of carbonyl (C=O) groups excluding carboxylic acids is 2. The molecular formula is C12H17N3O2. The molecule has 0 atom stereocenters. The number of benzene rings is 1. The first-order valence-corrected chi connectivity index (χ1v) is 5.43. The minimum atomic E-state index is -0.423. The summed E-state index contributed by atoms with van der Waals surface area (Å²) < 4.78 is 0. The molecular weight excluding hydrogens is 218 g/mol. The van der Waals surface area contributed by atoms with Crippen LogP contribution in [0.15, 0.2) is 30.3 Å². The Labute approximate surface area is 100 Å². The van der Waals surface area contributed by atoms with Crippen LogP contribution in [0.3, 0.4) is 0 Å². The number of rotatable bonds is 6. The van der Waals surface area contributed by atoms with Gasteiger partial charge in [0.2, 0.25) is 11.8 Å². The fourth-order valence-corrected chi connectivity index (χ4v) is 1.47. The summed E-state index contributed by atoms with van der Waals surface area (Å²) in [5.41, 5.74) is 11.4. The highest BCUT2D eigenvalue weighted by atomic mass is 16.2. The molecule has 0 heterocycles.